The van der Waals surface area contributed by atoms with Crippen LogP contribution in [0.5, 0.6) is 5.75 Å². The van der Waals surface area contributed by atoms with E-state index in [4.69, 9.17) is 4.74 Å². The molecule has 1 aromatic rings. The summed E-state index contributed by atoms with van der Waals surface area (Å²) in [5, 5.41) is 6.00. The molecule has 2 N–H and O–H groups in total. The molecule has 0 aromatic heterocycles. The zero-order chi connectivity index (χ0) is 15.1. The summed E-state index contributed by atoms with van der Waals surface area (Å²) in [4.78, 5) is 11.9. The maximum Gasteiger partial charge on any atom is 0.260 e. The van der Waals surface area contributed by atoms with Gasteiger partial charge in [-0.3, -0.25) is 4.79 Å². The highest BCUT2D eigenvalue weighted by Gasteiger charge is 2.17. The van der Waals surface area contributed by atoms with E-state index in [1.807, 2.05) is 39.1 Å². The van der Waals surface area contributed by atoms with Crippen molar-refractivity contribution in [3.05, 3.63) is 28.2 Å². The normalized spacial score (nSPS) is 13.7. The van der Waals surface area contributed by atoms with E-state index >= 15 is 0 Å². The van der Waals surface area contributed by atoms with Crippen molar-refractivity contribution in [3.8, 4) is 5.75 Å². The second kappa shape index (κ2) is 8.27. The van der Waals surface area contributed by atoms with Crippen LogP contribution in [0.15, 0.2) is 22.7 Å². The SMILES string of the molecule is CCC(C)NC(=O)C(C)Oc1ccc(CNC)cc1Br. The number of hydrogen-bond acceptors (Lipinski definition) is 3. The molecule has 0 saturated heterocycles. The van der Waals surface area contributed by atoms with E-state index < -0.39 is 6.10 Å². The number of carbonyl (C=O) groups is 1. The molecule has 2 atom stereocenters. The summed E-state index contributed by atoms with van der Waals surface area (Å²) in [5.41, 5.74) is 1.16. The summed E-state index contributed by atoms with van der Waals surface area (Å²) < 4.78 is 6.56. The Bertz CT molecular complexity index is 451. The molecule has 1 aromatic carbocycles. The number of rotatable bonds is 7. The fourth-order valence-electron chi connectivity index (χ4n) is 1.66. The second-order valence-electron chi connectivity index (χ2n) is 4.87. The topological polar surface area (TPSA) is 50.4 Å². The van der Waals surface area contributed by atoms with Crippen LogP contribution in [-0.2, 0) is 11.3 Å². The van der Waals surface area contributed by atoms with Gasteiger partial charge in [-0.05, 0) is 60.9 Å². The van der Waals surface area contributed by atoms with Crippen LogP contribution in [0, 0.1) is 0 Å². The van der Waals surface area contributed by atoms with Gasteiger partial charge in [-0.15, -0.1) is 0 Å². The van der Waals surface area contributed by atoms with Gasteiger partial charge < -0.3 is 15.4 Å². The van der Waals surface area contributed by atoms with Crippen molar-refractivity contribution in [1.82, 2.24) is 10.6 Å². The second-order valence-corrected chi connectivity index (χ2v) is 5.73. The molecule has 0 heterocycles. The molecule has 0 bridgehead atoms. The highest BCUT2D eigenvalue weighted by atomic mass is 79.9. The third kappa shape index (κ3) is 5.13. The van der Waals surface area contributed by atoms with Gasteiger partial charge in [-0.1, -0.05) is 13.0 Å². The summed E-state index contributed by atoms with van der Waals surface area (Å²) in [6.45, 7) is 6.56. The van der Waals surface area contributed by atoms with E-state index in [0.717, 1.165) is 23.0 Å². The summed E-state index contributed by atoms with van der Waals surface area (Å²) in [7, 11) is 1.90. The minimum atomic E-state index is -0.518. The quantitative estimate of drug-likeness (QED) is 0.800. The number of nitrogens with one attached hydrogen (secondary N) is 2. The molecule has 0 saturated carbocycles. The standard InChI is InChI=1S/C15H23BrN2O2/c1-5-10(2)18-15(19)11(3)20-14-7-6-12(9-17-4)8-13(14)16/h6-8,10-11,17H,5,9H2,1-4H3,(H,18,19). The lowest BCUT2D eigenvalue weighted by atomic mass is 10.2. The molecule has 0 aliphatic rings. The molecule has 0 aliphatic heterocycles. The Balaban J connectivity index is 2.65. The minimum Gasteiger partial charge on any atom is -0.480 e. The van der Waals surface area contributed by atoms with Gasteiger partial charge in [0.25, 0.3) is 5.91 Å². The van der Waals surface area contributed by atoms with Gasteiger partial charge in [0.15, 0.2) is 6.10 Å². The summed E-state index contributed by atoms with van der Waals surface area (Å²) in [5.74, 6) is 0.585. The molecule has 1 rings (SSSR count). The fraction of sp³-hybridized carbons (Fsp3) is 0.533. The van der Waals surface area contributed by atoms with Crippen LogP contribution >= 0.6 is 15.9 Å². The van der Waals surface area contributed by atoms with Crippen molar-refractivity contribution >= 4 is 21.8 Å². The highest BCUT2D eigenvalue weighted by molar-refractivity contribution is 9.10. The van der Waals surface area contributed by atoms with Crippen LogP contribution in [0.1, 0.15) is 32.8 Å². The molecule has 2 unspecified atom stereocenters. The van der Waals surface area contributed by atoms with Crippen LogP contribution < -0.4 is 15.4 Å². The van der Waals surface area contributed by atoms with Crippen molar-refractivity contribution in [2.45, 2.75) is 45.9 Å². The number of carbonyl (C=O) groups excluding carboxylic acids is 1. The average molecular weight is 343 g/mol. The van der Waals surface area contributed by atoms with Crippen LogP contribution in [-0.4, -0.2) is 25.1 Å². The van der Waals surface area contributed by atoms with Crippen LogP contribution in [0.4, 0.5) is 0 Å². The molecule has 112 valence electrons. The molecular weight excluding hydrogens is 320 g/mol. The molecule has 0 radical (unpaired) electrons. The molecule has 0 fully saturated rings. The first-order valence-corrected chi connectivity index (χ1v) is 7.67. The summed E-state index contributed by atoms with van der Waals surface area (Å²) >= 11 is 3.47. The molecule has 1 amide bonds. The van der Waals surface area contributed by atoms with E-state index in [0.29, 0.717) is 5.75 Å². The monoisotopic (exact) mass is 342 g/mol. The smallest absolute Gasteiger partial charge is 0.260 e. The first-order chi connectivity index (χ1) is 9.47. The Morgan fingerprint density at radius 1 is 1.40 bits per heavy atom. The summed E-state index contributed by atoms with van der Waals surface area (Å²) in [6, 6.07) is 6.01. The third-order valence-electron chi connectivity index (χ3n) is 3.05. The fourth-order valence-corrected chi connectivity index (χ4v) is 2.18. The maximum atomic E-state index is 11.9. The van der Waals surface area contributed by atoms with E-state index in [1.165, 1.54) is 0 Å². The van der Waals surface area contributed by atoms with Gasteiger partial charge in [0.2, 0.25) is 0 Å². The Morgan fingerprint density at radius 3 is 2.65 bits per heavy atom. The Kier molecular flexibility index (Phi) is 7.02. The number of amides is 1. The Labute approximate surface area is 129 Å². The number of benzene rings is 1. The van der Waals surface area contributed by atoms with Gasteiger partial charge >= 0.3 is 0 Å². The van der Waals surface area contributed by atoms with Gasteiger partial charge in [-0.2, -0.15) is 0 Å². The molecular formula is C15H23BrN2O2. The lowest BCUT2D eigenvalue weighted by Gasteiger charge is -2.18. The summed E-state index contributed by atoms with van der Waals surface area (Å²) in [6.07, 6.45) is 0.386. The lowest BCUT2D eigenvalue weighted by molar-refractivity contribution is -0.127. The largest absolute Gasteiger partial charge is 0.480 e. The van der Waals surface area contributed by atoms with Gasteiger partial charge in [0.05, 0.1) is 4.47 Å². The van der Waals surface area contributed by atoms with Crippen molar-refractivity contribution < 1.29 is 9.53 Å². The zero-order valence-electron chi connectivity index (χ0n) is 12.5. The van der Waals surface area contributed by atoms with Gasteiger partial charge in [-0.25, -0.2) is 0 Å². The van der Waals surface area contributed by atoms with E-state index in [9.17, 15) is 4.79 Å². The van der Waals surface area contributed by atoms with E-state index in [-0.39, 0.29) is 11.9 Å². The number of ether oxygens (including phenoxy) is 1. The van der Waals surface area contributed by atoms with E-state index in [1.54, 1.807) is 6.92 Å². The van der Waals surface area contributed by atoms with Crippen LogP contribution in [0.3, 0.4) is 0 Å². The molecule has 5 heteroatoms. The van der Waals surface area contributed by atoms with Crippen molar-refractivity contribution in [3.63, 3.8) is 0 Å². The number of halogens is 1. The van der Waals surface area contributed by atoms with Gasteiger partial charge in [0.1, 0.15) is 5.75 Å². The average Bonchev–Trinajstić information content (AvgIpc) is 2.41. The molecule has 20 heavy (non-hydrogen) atoms. The predicted molar refractivity (Wildman–Crippen MR) is 84.9 cm³/mol. The van der Waals surface area contributed by atoms with Crippen molar-refractivity contribution in [1.29, 1.82) is 0 Å². The Hall–Kier alpha value is -1.07. The van der Waals surface area contributed by atoms with Crippen LogP contribution in [0.2, 0.25) is 0 Å². The maximum absolute atomic E-state index is 11.9. The lowest BCUT2D eigenvalue weighted by Crippen LogP contribution is -2.41. The van der Waals surface area contributed by atoms with Gasteiger partial charge in [0, 0.05) is 12.6 Å². The van der Waals surface area contributed by atoms with E-state index in [2.05, 4.69) is 26.6 Å². The Morgan fingerprint density at radius 2 is 2.10 bits per heavy atom. The molecule has 0 spiro atoms. The van der Waals surface area contributed by atoms with Crippen molar-refractivity contribution in [2.75, 3.05) is 7.05 Å². The molecule has 4 nitrogen and oxygen atoms in total. The number of hydrogen-bond donors (Lipinski definition) is 2. The van der Waals surface area contributed by atoms with Crippen LogP contribution in [0.25, 0.3) is 0 Å². The minimum absolute atomic E-state index is 0.0921. The highest BCUT2D eigenvalue weighted by Crippen LogP contribution is 2.27. The predicted octanol–water partition coefficient (Wildman–Crippen LogP) is 2.85. The first kappa shape index (κ1) is 17.0. The molecule has 0 aliphatic carbocycles. The zero-order valence-corrected chi connectivity index (χ0v) is 14.1. The first-order valence-electron chi connectivity index (χ1n) is 6.88. The van der Waals surface area contributed by atoms with Crippen molar-refractivity contribution in [2.24, 2.45) is 0 Å². The third-order valence-corrected chi connectivity index (χ3v) is 3.67.